The number of hydrogen-bond acceptors (Lipinski definition) is 3. The van der Waals surface area contributed by atoms with Gasteiger partial charge in [0.15, 0.2) is 0 Å². The van der Waals surface area contributed by atoms with E-state index in [1.54, 1.807) is 0 Å². The van der Waals surface area contributed by atoms with Crippen molar-refractivity contribution >= 4 is 0 Å². The second-order valence-electron chi connectivity index (χ2n) is 6.04. The fourth-order valence-electron chi connectivity index (χ4n) is 3.25. The Morgan fingerprint density at radius 1 is 0.913 bits per heavy atom. The average molecular weight is 304 g/mol. The van der Waals surface area contributed by atoms with Crippen LogP contribution in [-0.4, -0.2) is 20.6 Å². The van der Waals surface area contributed by atoms with Crippen molar-refractivity contribution in [3.05, 3.63) is 60.3 Å². The van der Waals surface area contributed by atoms with Gasteiger partial charge in [0.25, 0.3) is 0 Å². The number of pyridine rings is 1. The van der Waals surface area contributed by atoms with Gasteiger partial charge in [0, 0.05) is 6.20 Å². The summed E-state index contributed by atoms with van der Waals surface area (Å²) in [5.41, 5.74) is 2.77. The Kier molecular flexibility index (Phi) is 3.88. The Bertz CT molecular complexity index is 816. The van der Waals surface area contributed by atoms with Crippen molar-refractivity contribution in [2.24, 2.45) is 4.99 Å². The molecule has 4 nitrogen and oxygen atoms in total. The Labute approximate surface area is 135 Å². The fraction of sp³-hybridized carbons (Fsp3) is 0.316. The van der Waals surface area contributed by atoms with Crippen LogP contribution in [0.3, 0.4) is 0 Å². The minimum absolute atomic E-state index is 0.386. The summed E-state index contributed by atoms with van der Waals surface area (Å²) in [6.07, 6.45) is 8.02. The lowest BCUT2D eigenvalue weighted by Gasteiger charge is -2.16. The zero-order valence-electron chi connectivity index (χ0n) is 13.1. The van der Waals surface area contributed by atoms with Crippen LogP contribution in [0.5, 0.6) is 0 Å². The smallest absolute Gasteiger partial charge is 0.232 e. The van der Waals surface area contributed by atoms with Crippen LogP contribution in [0.1, 0.15) is 32.1 Å². The minimum Gasteiger partial charge on any atom is -0.261 e. The van der Waals surface area contributed by atoms with Crippen LogP contribution in [0.25, 0.3) is 17.2 Å². The van der Waals surface area contributed by atoms with E-state index >= 15 is 0 Å². The zero-order valence-corrected chi connectivity index (χ0v) is 13.1. The monoisotopic (exact) mass is 304 g/mol. The van der Waals surface area contributed by atoms with Crippen LogP contribution >= 0.6 is 0 Å². The maximum absolute atomic E-state index is 4.96. The summed E-state index contributed by atoms with van der Waals surface area (Å²) >= 11 is 0. The van der Waals surface area contributed by atoms with Gasteiger partial charge in [0.1, 0.15) is 5.82 Å². The van der Waals surface area contributed by atoms with Crippen molar-refractivity contribution in [3.8, 4) is 17.2 Å². The molecular formula is C19H20N4. The molecule has 116 valence electrons. The average Bonchev–Trinajstić information content (AvgIpc) is 2.77. The highest BCUT2D eigenvalue weighted by molar-refractivity contribution is 5.58. The van der Waals surface area contributed by atoms with E-state index in [1.807, 2.05) is 48.7 Å². The number of fused-ring (bicyclic) bond motifs is 1. The molecule has 0 N–H and O–H groups in total. The molecule has 0 bridgehead atoms. The third-order valence-corrected chi connectivity index (χ3v) is 4.41. The van der Waals surface area contributed by atoms with Gasteiger partial charge in [0.05, 0.1) is 17.4 Å². The molecule has 0 amide bonds. The largest absolute Gasteiger partial charge is 0.261 e. The first kappa shape index (κ1) is 14.1. The lowest BCUT2D eigenvalue weighted by atomic mass is 9.96. The molecule has 1 saturated carbocycles. The topological polar surface area (TPSA) is 43.1 Å². The summed E-state index contributed by atoms with van der Waals surface area (Å²) in [6.45, 7) is 0. The normalized spacial score (nSPS) is 16.8. The molecule has 0 unspecified atom stereocenters. The standard InChI is InChI=1S/C19H20N4/c1-3-9-15(10-4-1)21-19-22-16-11-5-2-6-12-17(16)23(19)18-13-7-8-14-20-18/h2,5-8,11-15H,1,3-4,9-10H2. The van der Waals surface area contributed by atoms with Crippen LogP contribution in [0, 0.1) is 0 Å². The van der Waals surface area contributed by atoms with Gasteiger partial charge in [-0.05, 0) is 37.1 Å². The van der Waals surface area contributed by atoms with Gasteiger partial charge in [-0.2, -0.15) is 0 Å². The van der Waals surface area contributed by atoms with E-state index in [9.17, 15) is 0 Å². The van der Waals surface area contributed by atoms with Crippen molar-refractivity contribution in [1.82, 2.24) is 14.5 Å². The summed E-state index contributed by atoms with van der Waals surface area (Å²) in [6, 6.07) is 16.5. The lowest BCUT2D eigenvalue weighted by Crippen LogP contribution is -2.23. The second-order valence-corrected chi connectivity index (χ2v) is 6.04. The third-order valence-electron chi connectivity index (χ3n) is 4.41. The molecular weight excluding hydrogens is 284 g/mol. The molecule has 23 heavy (non-hydrogen) atoms. The Balaban J connectivity index is 1.92. The zero-order chi connectivity index (χ0) is 15.5. The predicted octanol–water partition coefficient (Wildman–Crippen LogP) is 3.61. The number of aromatic nitrogens is 3. The second kappa shape index (κ2) is 6.32. The molecule has 4 heteroatoms. The van der Waals surface area contributed by atoms with Gasteiger partial charge in [-0.15, -0.1) is 0 Å². The number of imidazole rings is 1. The van der Waals surface area contributed by atoms with Crippen LogP contribution < -0.4 is 5.62 Å². The summed E-state index contributed by atoms with van der Waals surface area (Å²) in [7, 11) is 0. The molecule has 2 heterocycles. The Morgan fingerprint density at radius 2 is 1.74 bits per heavy atom. The van der Waals surface area contributed by atoms with E-state index in [-0.39, 0.29) is 0 Å². The third kappa shape index (κ3) is 2.89. The van der Waals surface area contributed by atoms with Crippen LogP contribution in [0.15, 0.2) is 59.7 Å². The van der Waals surface area contributed by atoms with Crippen molar-refractivity contribution in [2.45, 2.75) is 38.1 Å². The molecule has 2 aliphatic carbocycles. The maximum atomic E-state index is 4.96. The minimum atomic E-state index is 0.386. The van der Waals surface area contributed by atoms with Gasteiger partial charge in [0.2, 0.25) is 5.62 Å². The number of rotatable bonds is 2. The van der Waals surface area contributed by atoms with Gasteiger partial charge >= 0.3 is 0 Å². The van der Waals surface area contributed by atoms with Gasteiger partial charge < -0.3 is 0 Å². The first-order valence-electron chi connectivity index (χ1n) is 8.35. The highest BCUT2D eigenvalue weighted by Gasteiger charge is 2.17. The maximum Gasteiger partial charge on any atom is 0.232 e. The van der Waals surface area contributed by atoms with Crippen molar-refractivity contribution in [2.75, 3.05) is 0 Å². The Morgan fingerprint density at radius 3 is 2.57 bits per heavy atom. The van der Waals surface area contributed by atoms with Crippen LogP contribution in [0.4, 0.5) is 0 Å². The highest BCUT2D eigenvalue weighted by atomic mass is 15.2. The molecule has 4 rings (SSSR count). The number of hydrogen-bond donors (Lipinski definition) is 0. The van der Waals surface area contributed by atoms with Crippen molar-refractivity contribution in [1.29, 1.82) is 0 Å². The molecule has 1 aromatic rings. The molecule has 3 aliphatic rings. The van der Waals surface area contributed by atoms with Gasteiger partial charge in [-0.1, -0.05) is 43.5 Å². The van der Waals surface area contributed by atoms with Crippen LogP contribution in [-0.2, 0) is 0 Å². The van der Waals surface area contributed by atoms with Crippen LogP contribution in [0.2, 0.25) is 0 Å². The van der Waals surface area contributed by atoms with Gasteiger partial charge in [-0.25, -0.2) is 15.0 Å². The first-order chi connectivity index (χ1) is 11.4. The lowest BCUT2D eigenvalue weighted by molar-refractivity contribution is 0.433. The summed E-state index contributed by atoms with van der Waals surface area (Å²) < 4.78 is 2.07. The summed E-state index contributed by atoms with van der Waals surface area (Å²) in [5.74, 6) is 0.871. The van der Waals surface area contributed by atoms with Crippen molar-refractivity contribution in [3.63, 3.8) is 0 Å². The van der Waals surface area contributed by atoms with E-state index in [2.05, 4.69) is 15.6 Å². The van der Waals surface area contributed by atoms with E-state index in [0.29, 0.717) is 6.04 Å². The molecule has 1 aliphatic heterocycles. The SMILES string of the molecule is c1ccc2nc(=NC3CCCCC3)n(-c3ccccn3)c-2cc1. The van der Waals surface area contributed by atoms with E-state index in [4.69, 9.17) is 9.98 Å². The molecule has 1 aromatic heterocycles. The van der Waals surface area contributed by atoms with E-state index < -0.39 is 0 Å². The van der Waals surface area contributed by atoms with E-state index in [1.165, 1.54) is 32.1 Å². The van der Waals surface area contributed by atoms with E-state index in [0.717, 1.165) is 22.8 Å². The molecule has 0 radical (unpaired) electrons. The number of nitrogens with zero attached hydrogens (tertiary/aromatic N) is 4. The molecule has 0 spiro atoms. The predicted molar refractivity (Wildman–Crippen MR) is 90.4 cm³/mol. The summed E-state index contributed by atoms with van der Waals surface area (Å²) in [5, 5.41) is 0. The molecule has 0 saturated heterocycles. The Hall–Kier alpha value is -2.49. The fourth-order valence-corrected chi connectivity index (χ4v) is 3.25. The highest BCUT2D eigenvalue weighted by Crippen LogP contribution is 2.22. The van der Waals surface area contributed by atoms with Crippen molar-refractivity contribution < 1.29 is 0 Å². The molecule has 1 fully saturated rings. The quantitative estimate of drug-likeness (QED) is 0.726. The molecule has 0 atom stereocenters. The summed E-state index contributed by atoms with van der Waals surface area (Å²) in [4.78, 5) is 14.3. The molecule has 0 aromatic carbocycles. The first-order valence-corrected chi connectivity index (χ1v) is 8.35. The van der Waals surface area contributed by atoms with Gasteiger partial charge in [-0.3, -0.25) is 4.57 Å².